The summed E-state index contributed by atoms with van der Waals surface area (Å²) < 4.78 is 0. The molecule has 1 unspecified atom stereocenters. The van der Waals surface area contributed by atoms with E-state index in [4.69, 9.17) is 24.9 Å². The Kier molecular flexibility index (Phi) is 11.5. The molecule has 1 heterocycles. The lowest BCUT2D eigenvalue weighted by molar-refractivity contribution is 0.741. The fraction of sp³-hybridized carbons (Fsp3) is 0.0893. The van der Waals surface area contributed by atoms with Crippen LogP contribution in [0.15, 0.2) is 216 Å². The van der Waals surface area contributed by atoms with E-state index in [2.05, 4.69) is 135 Å². The second-order valence-electron chi connectivity index (χ2n) is 15.2. The predicted molar refractivity (Wildman–Crippen MR) is 254 cm³/mol. The minimum absolute atomic E-state index is 0.222. The molecule has 0 radical (unpaired) electrons. The highest BCUT2D eigenvalue weighted by Crippen LogP contribution is 2.39. The van der Waals surface area contributed by atoms with Gasteiger partial charge < -0.3 is 0 Å². The topological polar surface area (TPSA) is 63.4 Å². The van der Waals surface area contributed by atoms with Gasteiger partial charge in [-0.25, -0.2) is 19.9 Å². The minimum atomic E-state index is 0.222. The van der Waals surface area contributed by atoms with Crippen LogP contribution in [0.5, 0.6) is 0 Å². The van der Waals surface area contributed by atoms with Crippen molar-refractivity contribution in [1.29, 1.82) is 0 Å². The lowest BCUT2D eigenvalue weighted by atomic mass is 9.88. The zero-order valence-corrected chi connectivity index (χ0v) is 34.4. The number of aliphatic imine (C=N–C) groups is 2. The van der Waals surface area contributed by atoms with Gasteiger partial charge in [-0.3, -0.25) is 4.99 Å². The highest BCUT2D eigenvalue weighted by molar-refractivity contribution is 6.13. The molecule has 1 atom stereocenters. The molecule has 0 aliphatic heterocycles. The average molecular weight is 788 g/mol. The van der Waals surface area contributed by atoms with Crippen molar-refractivity contribution < 1.29 is 0 Å². The van der Waals surface area contributed by atoms with E-state index in [0.29, 0.717) is 24.0 Å². The summed E-state index contributed by atoms with van der Waals surface area (Å²) in [5.41, 5.74) is 11.7. The van der Waals surface area contributed by atoms with E-state index < -0.39 is 0 Å². The summed E-state index contributed by atoms with van der Waals surface area (Å²) in [7, 11) is 0. The molecule has 5 heteroatoms. The number of benzene rings is 8. The number of nitrogens with zero attached hydrogens (tertiary/aromatic N) is 5. The van der Waals surface area contributed by atoms with Crippen LogP contribution in [-0.4, -0.2) is 26.5 Å². The Morgan fingerprint density at radius 2 is 0.951 bits per heavy atom. The van der Waals surface area contributed by atoms with Crippen LogP contribution in [0.2, 0.25) is 0 Å². The van der Waals surface area contributed by atoms with Crippen LogP contribution in [0.3, 0.4) is 0 Å². The molecule has 1 aromatic heterocycles. The summed E-state index contributed by atoms with van der Waals surface area (Å²) in [6.07, 6.45) is 0.955. The van der Waals surface area contributed by atoms with Crippen LogP contribution in [0.25, 0.3) is 67.2 Å². The standard InChI is InChI=1S/C56H45N5/c1-3-39(2)52(58-53(45-21-10-5-11-22-45)57-38-40-18-8-4-9-19-40)44-32-30-43(31-33-44)51-49-27-17-16-20-41(49)36-37-50(51)42-28-34-48(35-29-42)56-60-54(46-23-12-6-13-24-46)59-55(61-56)47-25-14-7-15-26-47/h4-37,39H,3,38H2,1-2H3. The Morgan fingerprint density at radius 1 is 0.459 bits per heavy atom. The smallest absolute Gasteiger partial charge is 0.164 e. The van der Waals surface area contributed by atoms with E-state index in [-0.39, 0.29) is 5.92 Å². The normalized spacial score (nSPS) is 12.4. The molecule has 9 aromatic rings. The van der Waals surface area contributed by atoms with E-state index in [1.165, 1.54) is 16.3 Å². The van der Waals surface area contributed by atoms with Crippen LogP contribution in [-0.2, 0) is 6.54 Å². The first kappa shape index (κ1) is 38.9. The molecule has 5 nitrogen and oxygen atoms in total. The van der Waals surface area contributed by atoms with Crippen molar-refractivity contribution in [3.8, 4) is 56.4 Å². The molecule has 0 N–H and O–H groups in total. The van der Waals surface area contributed by atoms with Gasteiger partial charge >= 0.3 is 0 Å². The molecule has 0 fully saturated rings. The molecule has 8 aromatic carbocycles. The van der Waals surface area contributed by atoms with Gasteiger partial charge in [0.1, 0.15) is 0 Å². The second kappa shape index (κ2) is 18.1. The number of fused-ring (bicyclic) bond motifs is 1. The van der Waals surface area contributed by atoms with Gasteiger partial charge in [-0.15, -0.1) is 0 Å². The molecule has 0 spiro atoms. The van der Waals surface area contributed by atoms with Crippen molar-refractivity contribution in [3.05, 3.63) is 223 Å². The van der Waals surface area contributed by atoms with E-state index in [0.717, 1.165) is 68.0 Å². The third-order valence-corrected chi connectivity index (χ3v) is 11.1. The lowest BCUT2D eigenvalue weighted by Crippen LogP contribution is -2.15. The van der Waals surface area contributed by atoms with Gasteiger partial charge in [-0.05, 0) is 56.5 Å². The van der Waals surface area contributed by atoms with Crippen LogP contribution in [0, 0.1) is 5.92 Å². The first-order valence-electron chi connectivity index (χ1n) is 20.9. The average Bonchev–Trinajstić information content (AvgIpc) is 3.34. The Bertz CT molecular complexity index is 2890. The second-order valence-corrected chi connectivity index (χ2v) is 15.2. The zero-order chi connectivity index (χ0) is 41.4. The minimum Gasteiger partial charge on any atom is -0.261 e. The molecule has 0 saturated heterocycles. The van der Waals surface area contributed by atoms with E-state index >= 15 is 0 Å². The molecule has 0 bridgehead atoms. The Balaban J connectivity index is 1.09. The number of aromatic nitrogens is 3. The molecule has 0 aliphatic rings. The zero-order valence-electron chi connectivity index (χ0n) is 34.4. The predicted octanol–water partition coefficient (Wildman–Crippen LogP) is 13.8. The summed E-state index contributed by atoms with van der Waals surface area (Å²) in [5, 5.41) is 2.39. The summed E-state index contributed by atoms with van der Waals surface area (Å²) in [4.78, 5) is 25.2. The van der Waals surface area contributed by atoms with Crippen molar-refractivity contribution in [3.63, 3.8) is 0 Å². The first-order valence-corrected chi connectivity index (χ1v) is 20.9. The maximum atomic E-state index is 5.35. The number of amidine groups is 1. The van der Waals surface area contributed by atoms with Crippen LogP contribution in [0.4, 0.5) is 0 Å². The van der Waals surface area contributed by atoms with E-state index in [9.17, 15) is 0 Å². The summed E-state index contributed by atoms with van der Waals surface area (Å²) in [6.45, 7) is 5.03. The summed E-state index contributed by atoms with van der Waals surface area (Å²) in [6, 6.07) is 71.5. The quantitative estimate of drug-likeness (QED) is 0.0969. The molecule has 9 rings (SSSR count). The van der Waals surface area contributed by atoms with Gasteiger partial charge in [-0.1, -0.05) is 220 Å². The van der Waals surface area contributed by atoms with Crippen molar-refractivity contribution in [2.75, 3.05) is 0 Å². The maximum Gasteiger partial charge on any atom is 0.164 e. The molecule has 61 heavy (non-hydrogen) atoms. The van der Waals surface area contributed by atoms with E-state index in [1.54, 1.807) is 0 Å². The molecule has 0 aliphatic carbocycles. The number of rotatable bonds is 11. The fourth-order valence-electron chi connectivity index (χ4n) is 7.66. The third kappa shape index (κ3) is 8.73. The SMILES string of the molecule is CCC(C)C(=NC(=NCc1ccccc1)c1ccccc1)c1ccc(-c2c(-c3ccc(-c4nc(-c5ccccc5)nc(-c5ccccc5)n4)cc3)ccc3ccccc23)cc1. The Labute approximate surface area is 358 Å². The molecule has 0 saturated carbocycles. The van der Waals surface area contributed by atoms with Crippen molar-refractivity contribution in [1.82, 2.24) is 15.0 Å². The maximum absolute atomic E-state index is 5.35. The van der Waals surface area contributed by atoms with Gasteiger partial charge in [0.15, 0.2) is 23.3 Å². The number of hydrogen-bond acceptors (Lipinski definition) is 4. The summed E-state index contributed by atoms with van der Waals surface area (Å²) in [5.74, 6) is 2.89. The van der Waals surface area contributed by atoms with Crippen molar-refractivity contribution in [2.24, 2.45) is 15.9 Å². The Morgan fingerprint density at radius 3 is 1.54 bits per heavy atom. The van der Waals surface area contributed by atoms with Gasteiger partial charge in [0, 0.05) is 22.3 Å². The molecule has 0 amide bonds. The third-order valence-electron chi connectivity index (χ3n) is 11.1. The van der Waals surface area contributed by atoms with Gasteiger partial charge in [0.25, 0.3) is 0 Å². The largest absolute Gasteiger partial charge is 0.261 e. The van der Waals surface area contributed by atoms with Crippen LogP contribution in [0.1, 0.15) is 37.0 Å². The molecular formula is C56H45N5. The lowest BCUT2D eigenvalue weighted by Gasteiger charge is -2.17. The van der Waals surface area contributed by atoms with Crippen molar-refractivity contribution >= 4 is 22.3 Å². The Hall–Kier alpha value is -7.63. The molecular weight excluding hydrogens is 743 g/mol. The highest BCUT2D eigenvalue weighted by atomic mass is 15.0. The fourth-order valence-corrected chi connectivity index (χ4v) is 7.66. The van der Waals surface area contributed by atoms with Crippen LogP contribution >= 0.6 is 0 Å². The van der Waals surface area contributed by atoms with E-state index in [1.807, 2.05) is 84.9 Å². The van der Waals surface area contributed by atoms with Gasteiger partial charge in [0.2, 0.25) is 0 Å². The van der Waals surface area contributed by atoms with Gasteiger partial charge in [-0.2, -0.15) is 0 Å². The molecule has 294 valence electrons. The number of hydrogen-bond donors (Lipinski definition) is 0. The van der Waals surface area contributed by atoms with Crippen LogP contribution < -0.4 is 0 Å². The van der Waals surface area contributed by atoms with Crippen molar-refractivity contribution in [2.45, 2.75) is 26.8 Å². The highest BCUT2D eigenvalue weighted by Gasteiger charge is 2.18. The first-order chi connectivity index (χ1) is 30.1. The summed E-state index contributed by atoms with van der Waals surface area (Å²) >= 11 is 0. The monoisotopic (exact) mass is 787 g/mol. The van der Waals surface area contributed by atoms with Gasteiger partial charge in [0.05, 0.1) is 12.3 Å².